The Balaban J connectivity index is 1.09. The Kier molecular flexibility index (Phi) is 6.81. The van der Waals surface area contributed by atoms with E-state index in [9.17, 15) is 9.65 Å². The Hall–Kier alpha value is -3.71. The summed E-state index contributed by atoms with van der Waals surface area (Å²) in [6.07, 6.45) is 3.09. The van der Waals surface area contributed by atoms with Crippen LogP contribution in [-0.4, -0.2) is 45.2 Å². The number of ether oxygens (including phenoxy) is 3. The summed E-state index contributed by atoms with van der Waals surface area (Å²) in [6.45, 7) is 7.69. The molecule has 0 bridgehead atoms. The predicted octanol–water partition coefficient (Wildman–Crippen LogP) is 6.22. The zero-order valence-electron chi connectivity index (χ0n) is 23.6. The summed E-state index contributed by atoms with van der Waals surface area (Å²) in [7, 11) is 0. The highest BCUT2D eigenvalue weighted by atomic mass is 35.5. The van der Waals surface area contributed by atoms with Gasteiger partial charge in [-0.05, 0) is 69.5 Å². The molecule has 0 saturated carbocycles. The van der Waals surface area contributed by atoms with Crippen molar-refractivity contribution in [2.75, 3.05) is 19.7 Å². The van der Waals surface area contributed by atoms with Gasteiger partial charge in [0.25, 0.3) is 5.79 Å². The lowest BCUT2D eigenvalue weighted by molar-refractivity contribution is -0.0712. The average molecular weight is 588 g/mol. The number of nitrogens with zero attached hydrogens (tertiary/aromatic N) is 5. The third-order valence-electron chi connectivity index (χ3n) is 8.70. The molecule has 3 aliphatic heterocycles. The Morgan fingerprint density at radius 1 is 1.12 bits per heavy atom. The van der Waals surface area contributed by atoms with E-state index in [0.717, 1.165) is 73.6 Å². The SMILES string of the molecule is Cc1nc(C#N)cc2nc(CN3CCC(c4cccc5c4OC(C)(c4ccc(Cl)cc4F)O5)CC3)n(CC3CCO3)c12. The summed E-state index contributed by atoms with van der Waals surface area (Å²) in [4.78, 5) is 11.9. The van der Waals surface area contributed by atoms with Crippen molar-refractivity contribution in [2.24, 2.45) is 0 Å². The number of nitriles is 1. The first kappa shape index (κ1) is 27.1. The molecule has 0 spiro atoms. The minimum atomic E-state index is -1.27. The quantitative estimate of drug-likeness (QED) is 0.265. The molecule has 0 amide bonds. The van der Waals surface area contributed by atoms with Gasteiger partial charge in [0.05, 0.1) is 41.5 Å². The monoisotopic (exact) mass is 587 g/mol. The summed E-state index contributed by atoms with van der Waals surface area (Å²) >= 11 is 5.98. The number of hydrogen-bond donors (Lipinski definition) is 0. The minimum absolute atomic E-state index is 0.177. The standard InChI is InChI=1S/C32H31ClFN5O3/c1-19-30-27(15-22(16-35)36-19)37-29(39(30)17-23-10-13-40-23)18-38-11-8-20(9-12-38)24-4-3-5-28-31(24)42-32(2,41-28)25-7-6-21(33)14-26(25)34/h3-7,14-15,20,23H,8-13,17-18H2,1-2H3. The molecular formula is C32H31ClFN5O3. The molecule has 7 rings (SSSR count). The molecule has 0 aliphatic carbocycles. The van der Waals surface area contributed by atoms with Crippen LogP contribution in [0.5, 0.6) is 11.5 Å². The van der Waals surface area contributed by atoms with Crippen LogP contribution in [0.3, 0.4) is 0 Å². The van der Waals surface area contributed by atoms with Crippen molar-refractivity contribution in [2.45, 2.75) is 64.0 Å². The number of aromatic nitrogens is 3. The van der Waals surface area contributed by atoms with Crippen molar-refractivity contribution in [3.8, 4) is 17.6 Å². The highest BCUT2D eigenvalue weighted by molar-refractivity contribution is 6.30. The van der Waals surface area contributed by atoms with Crippen molar-refractivity contribution in [3.63, 3.8) is 0 Å². The normalized spacial score (nSPS) is 22.3. The first-order chi connectivity index (χ1) is 20.3. The summed E-state index contributed by atoms with van der Waals surface area (Å²) < 4.78 is 35.4. The fraction of sp³-hybridized carbons (Fsp3) is 0.406. The summed E-state index contributed by atoms with van der Waals surface area (Å²) in [5.41, 5.74) is 4.38. The van der Waals surface area contributed by atoms with Gasteiger partial charge in [-0.1, -0.05) is 23.7 Å². The van der Waals surface area contributed by atoms with Crippen molar-refractivity contribution in [1.82, 2.24) is 19.4 Å². The molecule has 2 fully saturated rings. The summed E-state index contributed by atoms with van der Waals surface area (Å²) in [6, 6.07) is 14.4. The maximum atomic E-state index is 14.8. The second kappa shape index (κ2) is 10.5. The first-order valence-electron chi connectivity index (χ1n) is 14.4. The fourth-order valence-electron chi connectivity index (χ4n) is 6.44. The molecule has 42 heavy (non-hydrogen) atoms. The number of imidazole rings is 1. The number of fused-ring (bicyclic) bond motifs is 2. The number of likely N-dealkylation sites (tertiary alicyclic amines) is 1. The summed E-state index contributed by atoms with van der Waals surface area (Å²) in [5.74, 6) is 0.833. The van der Waals surface area contributed by atoms with Crippen LogP contribution in [0.1, 0.15) is 60.4 Å². The van der Waals surface area contributed by atoms with Crippen molar-refractivity contribution >= 4 is 22.6 Å². The Morgan fingerprint density at radius 2 is 1.93 bits per heavy atom. The van der Waals surface area contributed by atoms with Crippen LogP contribution >= 0.6 is 11.6 Å². The molecule has 2 saturated heterocycles. The van der Waals surface area contributed by atoms with Crippen molar-refractivity contribution in [1.29, 1.82) is 5.26 Å². The first-order valence-corrected chi connectivity index (χ1v) is 14.8. The van der Waals surface area contributed by atoms with E-state index in [1.54, 1.807) is 25.1 Å². The molecule has 8 nitrogen and oxygen atoms in total. The Morgan fingerprint density at radius 3 is 2.64 bits per heavy atom. The molecule has 3 aliphatic rings. The molecule has 10 heteroatoms. The maximum Gasteiger partial charge on any atom is 0.278 e. The second-order valence-electron chi connectivity index (χ2n) is 11.5. The minimum Gasteiger partial charge on any atom is -0.444 e. The molecule has 0 radical (unpaired) electrons. The molecule has 2 atom stereocenters. The Labute approximate surface area is 248 Å². The number of benzene rings is 2. The third kappa shape index (κ3) is 4.77. The number of hydrogen-bond acceptors (Lipinski definition) is 7. The topological polar surface area (TPSA) is 85.4 Å². The van der Waals surface area contributed by atoms with Gasteiger partial charge < -0.3 is 18.8 Å². The van der Waals surface area contributed by atoms with Crippen LogP contribution < -0.4 is 9.47 Å². The zero-order chi connectivity index (χ0) is 29.0. The number of piperidine rings is 1. The van der Waals surface area contributed by atoms with Crippen LogP contribution in [0.15, 0.2) is 42.5 Å². The van der Waals surface area contributed by atoms with Crippen LogP contribution in [0.2, 0.25) is 5.02 Å². The third-order valence-corrected chi connectivity index (χ3v) is 8.93. The molecule has 216 valence electrons. The molecular weight excluding hydrogens is 557 g/mol. The van der Waals surface area contributed by atoms with Crippen LogP contribution in [0.25, 0.3) is 11.0 Å². The highest BCUT2D eigenvalue weighted by Crippen LogP contribution is 2.50. The lowest BCUT2D eigenvalue weighted by Gasteiger charge is -2.33. The molecule has 5 heterocycles. The lowest BCUT2D eigenvalue weighted by atomic mass is 9.88. The number of aryl methyl sites for hydroxylation is 1. The maximum absolute atomic E-state index is 14.8. The molecule has 2 aromatic carbocycles. The van der Waals surface area contributed by atoms with Gasteiger partial charge in [-0.2, -0.15) is 5.26 Å². The number of rotatable bonds is 6. The van der Waals surface area contributed by atoms with E-state index in [-0.39, 0.29) is 12.0 Å². The molecule has 2 unspecified atom stereocenters. The fourth-order valence-corrected chi connectivity index (χ4v) is 6.60. The average Bonchev–Trinajstić information content (AvgIpc) is 3.48. The van der Waals surface area contributed by atoms with Gasteiger partial charge in [0.2, 0.25) is 0 Å². The van der Waals surface area contributed by atoms with Crippen molar-refractivity contribution in [3.05, 3.63) is 81.6 Å². The number of halogens is 2. The van der Waals surface area contributed by atoms with Gasteiger partial charge in [-0.3, -0.25) is 4.90 Å². The van der Waals surface area contributed by atoms with E-state index in [0.29, 0.717) is 34.3 Å². The van der Waals surface area contributed by atoms with Gasteiger partial charge in [0.15, 0.2) is 11.5 Å². The molecule has 4 aromatic rings. The van der Waals surface area contributed by atoms with Crippen LogP contribution in [-0.2, 0) is 23.6 Å². The lowest BCUT2D eigenvalue weighted by Crippen LogP contribution is -2.35. The van der Waals surface area contributed by atoms with E-state index in [1.807, 2.05) is 19.1 Å². The van der Waals surface area contributed by atoms with Gasteiger partial charge in [0, 0.05) is 30.2 Å². The largest absolute Gasteiger partial charge is 0.444 e. The highest BCUT2D eigenvalue weighted by Gasteiger charge is 2.43. The molecule has 2 aromatic heterocycles. The van der Waals surface area contributed by atoms with E-state index < -0.39 is 11.6 Å². The number of pyridine rings is 1. The zero-order valence-corrected chi connectivity index (χ0v) is 24.3. The van der Waals surface area contributed by atoms with E-state index in [2.05, 4.69) is 26.6 Å². The van der Waals surface area contributed by atoms with Gasteiger partial charge >= 0.3 is 0 Å². The van der Waals surface area contributed by atoms with Gasteiger partial charge in [-0.15, -0.1) is 0 Å². The van der Waals surface area contributed by atoms with Gasteiger partial charge in [-0.25, -0.2) is 14.4 Å². The van der Waals surface area contributed by atoms with Crippen LogP contribution in [0, 0.1) is 24.1 Å². The van der Waals surface area contributed by atoms with Gasteiger partial charge in [0.1, 0.15) is 23.4 Å². The predicted molar refractivity (Wildman–Crippen MR) is 155 cm³/mol. The van der Waals surface area contributed by atoms with E-state index in [4.69, 9.17) is 30.8 Å². The van der Waals surface area contributed by atoms with Crippen LogP contribution in [0.4, 0.5) is 4.39 Å². The molecule has 0 N–H and O–H groups in total. The smallest absolute Gasteiger partial charge is 0.278 e. The second-order valence-corrected chi connectivity index (χ2v) is 11.9. The Bertz CT molecular complexity index is 1720. The van der Waals surface area contributed by atoms with E-state index >= 15 is 0 Å². The summed E-state index contributed by atoms with van der Waals surface area (Å²) in [5, 5.41) is 9.75. The number of para-hydroxylation sites is 1. The van der Waals surface area contributed by atoms with Crippen molar-refractivity contribution < 1.29 is 18.6 Å². The van der Waals surface area contributed by atoms with E-state index in [1.165, 1.54) is 6.07 Å².